The zero-order chi connectivity index (χ0) is 11.5. The zero-order valence-corrected chi connectivity index (χ0v) is 10.8. The topological polar surface area (TPSA) is 67.2 Å². The highest BCUT2D eigenvalue weighted by Gasteiger charge is 2.21. The van der Waals surface area contributed by atoms with Crippen molar-refractivity contribution in [3.8, 4) is 0 Å². The molecule has 1 aromatic rings. The number of rotatable bonds is 2. The summed E-state index contributed by atoms with van der Waals surface area (Å²) in [6.07, 6.45) is 1.93. The molecule has 1 aliphatic rings. The van der Waals surface area contributed by atoms with Crippen LogP contribution in [-0.4, -0.2) is 29.7 Å². The van der Waals surface area contributed by atoms with E-state index in [0.29, 0.717) is 17.5 Å². The second-order valence-corrected chi connectivity index (χ2v) is 4.37. The molecule has 2 rings (SSSR count). The number of hydrogen-bond acceptors (Lipinski definition) is 4. The predicted molar refractivity (Wildman–Crippen MR) is 66.4 cm³/mol. The van der Waals surface area contributed by atoms with Crippen molar-refractivity contribution in [2.75, 3.05) is 6.54 Å². The van der Waals surface area contributed by atoms with E-state index in [-0.39, 0.29) is 24.4 Å². The quantitative estimate of drug-likeness (QED) is 0.840. The lowest BCUT2D eigenvalue weighted by atomic mass is 10.0. The molecule has 96 valence electrons. The van der Waals surface area contributed by atoms with Crippen LogP contribution in [0.1, 0.15) is 36.0 Å². The third kappa shape index (κ3) is 3.71. The molecule has 2 N–H and O–H groups in total. The van der Waals surface area contributed by atoms with Gasteiger partial charge in [-0.15, -0.1) is 12.4 Å². The number of aryl methyl sites for hydroxylation is 1. The van der Waals surface area contributed by atoms with Gasteiger partial charge < -0.3 is 15.2 Å². The van der Waals surface area contributed by atoms with Gasteiger partial charge in [-0.3, -0.25) is 4.79 Å². The molecule has 6 heteroatoms. The van der Waals surface area contributed by atoms with Gasteiger partial charge in [0.2, 0.25) is 0 Å². The number of amides is 1. The van der Waals surface area contributed by atoms with E-state index < -0.39 is 0 Å². The molecular weight excluding hydrogens is 242 g/mol. The highest BCUT2D eigenvalue weighted by Crippen LogP contribution is 2.09. The fourth-order valence-corrected chi connectivity index (χ4v) is 2.00. The molecule has 2 atom stereocenters. The molecule has 17 heavy (non-hydrogen) atoms. The average molecular weight is 260 g/mol. The first-order valence-electron chi connectivity index (χ1n) is 5.62. The minimum Gasteiger partial charge on any atom is -0.361 e. The summed E-state index contributed by atoms with van der Waals surface area (Å²) in [6.45, 7) is 4.85. The van der Waals surface area contributed by atoms with Crippen molar-refractivity contribution in [1.82, 2.24) is 15.8 Å². The molecule has 0 radical (unpaired) electrons. The third-order valence-corrected chi connectivity index (χ3v) is 2.82. The zero-order valence-electron chi connectivity index (χ0n) is 10.0. The molecule has 1 aromatic heterocycles. The van der Waals surface area contributed by atoms with Crippen molar-refractivity contribution < 1.29 is 9.32 Å². The Balaban J connectivity index is 0.00000144. The second kappa shape index (κ2) is 6.02. The van der Waals surface area contributed by atoms with Gasteiger partial charge in [-0.1, -0.05) is 5.16 Å². The molecule has 2 heterocycles. The summed E-state index contributed by atoms with van der Waals surface area (Å²) >= 11 is 0. The van der Waals surface area contributed by atoms with Crippen LogP contribution in [0.15, 0.2) is 10.6 Å². The summed E-state index contributed by atoms with van der Waals surface area (Å²) in [4.78, 5) is 11.8. The van der Waals surface area contributed by atoms with Crippen molar-refractivity contribution in [2.45, 2.75) is 38.8 Å². The molecule has 1 aliphatic heterocycles. The molecule has 0 aromatic carbocycles. The van der Waals surface area contributed by atoms with Crippen LogP contribution in [0, 0.1) is 6.92 Å². The Morgan fingerprint density at radius 3 is 3.00 bits per heavy atom. The van der Waals surface area contributed by atoms with Crippen LogP contribution in [0.4, 0.5) is 0 Å². The Morgan fingerprint density at radius 1 is 1.65 bits per heavy atom. The third-order valence-electron chi connectivity index (χ3n) is 2.82. The Kier molecular flexibility index (Phi) is 4.96. The summed E-state index contributed by atoms with van der Waals surface area (Å²) in [5.41, 5.74) is 0.365. The van der Waals surface area contributed by atoms with Gasteiger partial charge in [-0.05, 0) is 33.2 Å². The maximum absolute atomic E-state index is 11.8. The lowest BCUT2D eigenvalue weighted by Gasteiger charge is -2.28. The monoisotopic (exact) mass is 259 g/mol. The average Bonchev–Trinajstić information content (AvgIpc) is 2.65. The van der Waals surface area contributed by atoms with Gasteiger partial charge in [0.05, 0.1) is 0 Å². The maximum atomic E-state index is 11.8. The lowest BCUT2D eigenvalue weighted by Crippen LogP contribution is -2.46. The minimum atomic E-state index is -0.143. The Hall–Kier alpha value is -1.07. The van der Waals surface area contributed by atoms with E-state index in [1.165, 1.54) is 0 Å². The van der Waals surface area contributed by atoms with Gasteiger partial charge in [0.1, 0.15) is 5.76 Å². The van der Waals surface area contributed by atoms with Gasteiger partial charge in [0.25, 0.3) is 5.91 Å². The molecule has 0 aliphatic carbocycles. The van der Waals surface area contributed by atoms with E-state index in [2.05, 4.69) is 22.7 Å². The van der Waals surface area contributed by atoms with E-state index >= 15 is 0 Å². The van der Waals surface area contributed by atoms with Crippen molar-refractivity contribution >= 4 is 18.3 Å². The summed E-state index contributed by atoms with van der Waals surface area (Å²) in [5, 5.41) is 10.0. The summed E-state index contributed by atoms with van der Waals surface area (Å²) in [5.74, 6) is 0.514. The van der Waals surface area contributed by atoms with Crippen molar-refractivity contribution in [1.29, 1.82) is 0 Å². The molecule has 0 bridgehead atoms. The smallest absolute Gasteiger partial charge is 0.273 e. The Bertz CT molecular complexity index is 381. The first-order chi connectivity index (χ1) is 7.65. The molecule has 1 amide bonds. The highest BCUT2D eigenvalue weighted by atomic mass is 35.5. The first kappa shape index (κ1) is 14.0. The summed E-state index contributed by atoms with van der Waals surface area (Å²) in [7, 11) is 0. The fourth-order valence-electron chi connectivity index (χ4n) is 2.00. The largest absolute Gasteiger partial charge is 0.361 e. The van der Waals surface area contributed by atoms with E-state index in [1.807, 2.05) is 0 Å². The minimum absolute atomic E-state index is 0. The number of carbonyl (C=O) groups excluding carboxylic acids is 1. The van der Waals surface area contributed by atoms with Crippen molar-refractivity contribution in [3.05, 3.63) is 17.5 Å². The fraction of sp³-hybridized carbons (Fsp3) is 0.636. The van der Waals surface area contributed by atoms with Crippen LogP contribution in [-0.2, 0) is 0 Å². The number of piperidine rings is 1. The number of hydrogen-bond donors (Lipinski definition) is 2. The SMILES string of the molecule is Cc1cc(C(=O)NC2CCNC(C)C2)no1.Cl. The van der Waals surface area contributed by atoms with Gasteiger partial charge >= 0.3 is 0 Å². The van der Waals surface area contributed by atoms with Crippen LogP contribution in [0.25, 0.3) is 0 Å². The van der Waals surface area contributed by atoms with E-state index in [9.17, 15) is 4.79 Å². The van der Waals surface area contributed by atoms with E-state index in [1.54, 1.807) is 13.0 Å². The van der Waals surface area contributed by atoms with E-state index in [0.717, 1.165) is 19.4 Å². The van der Waals surface area contributed by atoms with Gasteiger partial charge in [-0.25, -0.2) is 0 Å². The maximum Gasteiger partial charge on any atom is 0.273 e. The van der Waals surface area contributed by atoms with Crippen LogP contribution in [0.5, 0.6) is 0 Å². The number of nitrogens with one attached hydrogen (secondary N) is 2. The van der Waals surface area contributed by atoms with Gasteiger partial charge in [0.15, 0.2) is 5.69 Å². The van der Waals surface area contributed by atoms with E-state index in [4.69, 9.17) is 4.52 Å². The van der Waals surface area contributed by atoms with Crippen LogP contribution < -0.4 is 10.6 Å². The molecule has 0 spiro atoms. The predicted octanol–water partition coefficient (Wildman–Crippen LogP) is 1.28. The summed E-state index contributed by atoms with van der Waals surface area (Å²) in [6, 6.07) is 2.35. The number of aromatic nitrogens is 1. The number of nitrogens with zero attached hydrogens (tertiary/aromatic N) is 1. The highest BCUT2D eigenvalue weighted by molar-refractivity contribution is 5.92. The molecule has 0 saturated carbocycles. The summed E-state index contributed by atoms with van der Waals surface area (Å²) < 4.78 is 4.87. The lowest BCUT2D eigenvalue weighted by molar-refractivity contribution is 0.0916. The molecule has 5 nitrogen and oxygen atoms in total. The Morgan fingerprint density at radius 2 is 2.41 bits per heavy atom. The Labute approximate surface area is 107 Å². The van der Waals surface area contributed by atoms with Crippen molar-refractivity contribution in [2.24, 2.45) is 0 Å². The van der Waals surface area contributed by atoms with Gasteiger partial charge in [-0.2, -0.15) is 0 Å². The standard InChI is InChI=1S/C11H17N3O2.ClH/c1-7-5-9(3-4-12-7)13-11(15)10-6-8(2)16-14-10;/h6-7,9,12H,3-5H2,1-2H3,(H,13,15);1H. The van der Waals surface area contributed by atoms with Crippen molar-refractivity contribution in [3.63, 3.8) is 0 Å². The van der Waals surface area contributed by atoms with Crippen LogP contribution in [0.2, 0.25) is 0 Å². The normalized spacial score (nSPS) is 23.9. The first-order valence-corrected chi connectivity index (χ1v) is 5.62. The molecule has 1 saturated heterocycles. The number of halogens is 1. The van der Waals surface area contributed by atoms with Gasteiger partial charge in [0, 0.05) is 18.2 Å². The molecule has 1 fully saturated rings. The number of carbonyl (C=O) groups is 1. The second-order valence-electron chi connectivity index (χ2n) is 4.37. The van der Waals surface area contributed by atoms with Crippen LogP contribution >= 0.6 is 12.4 Å². The molecule has 2 unspecified atom stereocenters. The van der Waals surface area contributed by atoms with Crippen LogP contribution in [0.3, 0.4) is 0 Å². The molecular formula is C11H18ClN3O2.